The number of allylic oxidation sites excluding steroid dienone is 1. The second-order valence-corrected chi connectivity index (χ2v) is 11.0. The molecule has 0 aromatic rings. The lowest BCUT2D eigenvalue weighted by molar-refractivity contribution is -0.145. The number of hydrogen-bond donors (Lipinski definition) is 4. The van der Waals surface area contributed by atoms with Gasteiger partial charge in [0, 0.05) is 18.4 Å². The summed E-state index contributed by atoms with van der Waals surface area (Å²) in [7, 11) is 0. The Bertz CT molecular complexity index is 1000. The predicted molar refractivity (Wildman–Crippen MR) is 135 cm³/mol. The SMILES string of the molecule is C=C(C)[C@H](NC(=O)N[C@H]1CCCCC/C=C\C2C[C@@]2(C(=O)O)NC(=O)[C@@H]2CCCN2C1=O)C(=O)C1CC1. The maximum atomic E-state index is 13.6. The number of hydrogen-bond acceptors (Lipinski definition) is 5. The Morgan fingerprint density at radius 2 is 1.89 bits per heavy atom. The van der Waals surface area contributed by atoms with Gasteiger partial charge >= 0.3 is 12.0 Å². The van der Waals surface area contributed by atoms with E-state index < -0.39 is 41.6 Å². The van der Waals surface area contributed by atoms with E-state index in [4.69, 9.17) is 0 Å². The Labute approximate surface area is 217 Å². The molecule has 1 unspecified atom stereocenters. The van der Waals surface area contributed by atoms with Gasteiger partial charge in [-0.2, -0.15) is 0 Å². The molecule has 0 aromatic heterocycles. The van der Waals surface area contributed by atoms with Gasteiger partial charge in [-0.15, -0.1) is 0 Å². The number of ketones is 1. The maximum absolute atomic E-state index is 13.6. The van der Waals surface area contributed by atoms with Crippen LogP contribution in [0.5, 0.6) is 0 Å². The number of amides is 4. The summed E-state index contributed by atoms with van der Waals surface area (Å²) in [5, 5.41) is 18.0. The van der Waals surface area contributed by atoms with E-state index in [0.717, 1.165) is 32.1 Å². The van der Waals surface area contributed by atoms with E-state index in [1.165, 1.54) is 4.90 Å². The highest BCUT2D eigenvalue weighted by atomic mass is 16.4. The van der Waals surface area contributed by atoms with Crippen LogP contribution in [-0.4, -0.2) is 69.8 Å². The summed E-state index contributed by atoms with van der Waals surface area (Å²) in [5.74, 6) is -2.29. The fourth-order valence-electron chi connectivity index (χ4n) is 5.45. The van der Waals surface area contributed by atoms with E-state index in [1.54, 1.807) is 6.92 Å². The zero-order valence-corrected chi connectivity index (χ0v) is 21.5. The molecule has 2 aliphatic carbocycles. The highest BCUT2D eigenvalue weighted by molar-refractivity contribution is 5.97. The third kappa shape index (κ3) is 6.05. The number of carbonyl (C=O) groups is 5. The standard InChI is InChI=1S/C27H38N4O6/c1-16(2)21(22(32)17-12-13-17)29-26(37)28-19-10-7-5-3-4-6-9-18-15-27(18,25(35)36)30-23(33)20-11-8-14-31(20)24(19)34/h6,9,17-21H,1,3-5,7-8,10-15H2,2H3,(H,30,33)(H,35,36)(H2,28,29,37)/b9-6-/t18?,19-,20-,21-,27+/m0/s1. The van der Waals surface area contributed by atoms with Gasteiger partial charge in [-0.3, -0.25) is 14.4 Å². The van der Waals surface area contributed by atoms with Crippen molar-refractivity contribution in [2.24, 2.45) is 11.8 Å². The summed E-state index contributed by atoms with van der Waals surface area (Å²) >= 11 is 0. The first kappa shape index (κ1) is 26.9. The molecule has 1 saturated heterocycles. The van der Waals surface area contributed by atoms with Crippen molar-refractivity contribution < 1.29 is 29.1 Å². The van der Waals surface area contributed by atoms with Gasteiger partial charge in [-0.05, 0) is 58.3 Å². The number of nitrogens with zero attached hydrogens (tertiary/aromatic N) is 1. The van der Waals surface area contributed by atoms with Crippen molar-refractivity contribution in [2.45, 2.75) is 94.8 Å². The van der Waals surface area contributed by atoms with Crippen LogP contribution in [0.1, 0.15) is 71.1 Å². The normalized spacial score (nSPS) is 31.9. The Kier molecular flexibility index (Phi) is 8.04. The quantitative estimate of drug-likeness (QED) is 0.399. The first-order valence-electron chi connectivity index (χ1n) is 13.4. The molecule has 37 heavy (non-hydrogen) atoms. The molecule has 4 rings (SSSR count). The van der Waals surface area contributed by atoms with Crippen molar-refractivity contribution >= 4 is 29.6 Å². The zero-order valence-electron chi connectivity index (χ0n) is 21.5. The number of fused-ring (bicyclic) bond motifs is 2. The zero-order chi connectivity index (χ0) is 26.7. The largest absolute Gasteiger partial charge is 0.479 e. The van der Waals surface area contributed by atoms with Crippen LogP contribution in [0.15, 0.2) is 24.3 Å². The van der Waals surface area contributed by atoms with Crippen molar-refractivity contribution in [3.8, 4) is 0 Å². The summed E-state index contributed by atoms with van der Waals surface area (Å²) in [5.41, 5.74) is -0.788. The number of carbonyl (C=O) groups excluding carboxylic acids is 4. The van der Waals surface area contributed by atoms with Gasteiger partial charge in [0.1, 0.15) is 23.7 Å². The molecule has 4 N–H and O–H groups in total. The Morgan fingerprint density at radius 1 is 1.14 bits per heavy atom. The lowest BCUT2D eigenvalue weighted by atomic mass is 10.0. The van der Waals surface area contributed by atoms with Crippen molar-refractivity contribution in [3.05, 3.63) is 24.3 Å². The minimum absolute atomic E-state index is 0.0554. The van der Waals surface area contributed by atoms with E-state index >= 15 is 0 Å². The van der Waals surface area contributed by atoms with Gasteiger partial charge in [0.25, 0.3) is 0 Å². The summed E-state index contributed by atoms with van der Waals surface area (Å²) in [6.07, 6.45) is 10.4. The van der Waals surface area contributed by atoms with Gasteiger partial charge in [-0.1, -0.05) is 37.1 Å². The molecule has 3 fully saturated rings. The summed E-state index contributed by atoms with van der Waals surface area (Å²) in [6.45, 7) is 5.89. The smallest absolute Gasteiger partial charge is 0.330 e. The third-order valence-electron chi connectivity index (χ3n) is 7.95. The van der Waals surface area contributed by atoms with Crippen LogP contribution in [0.25, 0.3) is 0 Å². The minimum Gasteiger partial charge on any atom is -0.479 e. The Morgan fingerprint density at radius 3 is 2.57 bits per heavy atom. The van der Waals surface area contributed by atoms with Crippen LogP contribution in [-0.2, 0) is 19.2 Å². The summed E-state index contributed by atoms with van der Waals surface area (Å²) in [6, 6.07) is -3.07. The predicted octanol–water partition coefficient (Wildman–Crippen LogP) is 2.05. The average Bonchev–Trinajstić information content (AvgIpc) is 3.76. The van der Waals surface area contributed by atoms with Gasteiger partial charge in [0.15, 0.2) is 5.78 Å². The highest BCUT2D eigenvalue weighted by Gasteiger charge is 2.61. The molecule has 202 valence electrons. The molecule has 10 nitrogen and oxygen atoms in total. The second-order valence-electron chi connectivity index (χ2n) is 11.0. The van der Waals surface area contributed by atoms with Crippen LogP contribution in [0.4, 0.5) is 4.79 Å². The molecule has 10 heteroatoms. The molecule has 0 spiro atoms. The molecular formula is C27H38N4O6. The number of Topliss-reactive ketones (excluding diaryl/α,β-unsaturated/α-hetero) is 1. The summed E-state index contributed by atoms with van der Waals surface area (Å²) in [4.78, 5) is 65.8. The van der Waals surface area contributed by atoms with Crippen LogP contribution < -0.4 is 16.0 Å². The van der Waals surface area contributed by atoms with Crippen molar-refractivity contribution in [1.29, 1.82) is 0 Å². The van der Waals surface area contributed by atoms with Crippen molar-refractivity contribution in [2.75, 3.05) is 6.54 Å². The highest BCUT2D eigenvalue weighted by Crippen LogP contribution is 2.45. The van der Waals surface area contributed by atoms with Gasteiger partial charge < -0.3 is 26.0 Å². The molecule has 4 amide bonds. The molecule has 0 radical (unpaired) electrons. The molecule has 0 aromatic carbocycles. The molecular weight excluding hydrogens is 476 g/mol. The van der Waals surface area contributed by atoms with Crippen LogP contribution >= 0.6 is 0 Å². The molecule has 5 atom stereocenters. The van der Waals surface area contributed by atoms with E-state index in [2.05, 4.69) is 22.5 Å². The molecule has 2 heterocycles. The summed E-state index contributed by atoms with van der Waals surface area (Å²) < 4.78 is 0. The van der Waals surface area contributed by atoms with Crippen LogP contribution in [0, 0.1) is 11.8 Å². The first-order valence-corrected chi connectivity index (χ1v) is 13.4. The van der Waals surface area contributed by atoms with Gasteiger partial charge in [0.05, 0.1) is 0 Å². The number of aliphatic carboxylic acids is 1. The number of nitrogens with one attached hydrogen (secondary N) is 3. The number of urea groups is 1. The van der Waals surface area contributed by atoms with E-state index in [9.17, 15) is 29.1 Å². The molecule has 2 saturated carbocycles. The van der Waals surface area contributed by atoms with E-state index in [0.29, 0.717) is 44.2 Å². The van der Waals surface area contributed by atoms with Gasteiger partial charge in [-0.25, -0.2) is 9.59 Å². The topological polar surface area (TPSA) is 145 Å². The average molecular weight is 515 g/mol. The monoisotopic (exact) mass is 514 g/mol. The van der Waals surface area contributed by atoms with Gasteiger partial charge in [0.2, 0.25) is 11.8 Å². The van der Waals surface area contributed by atoms with Crippen LogP contribution in [0.2, 0.25) is 0 Å². The maximum Gasteiger partial charge on any atom is 0.330 e. The lowest BCUT2D eigenvalue weighted by Crippen LogP contribution is -2.58. The van der Waals surface area contributed by atoms with Crippen molar-refractivity contribution in [3.63, 3.8) is 0 Å². The molecule has 2 aliphatic heterocycles. The fourth-order valence-corrected chi connectivity index (χ4v) is 5.45. The van der Waals surface area contributed by atoms with E-state index in [1.807, 2.05) is 12.2 Å². The Balaban J connectivity index is 1.49. The van der Waals surface area contributed by atoms with Crippen molar-refractivity contribution in [1.82, 2.24) is 20.9 Å². The Hall–Kier alpha value is -3.17. The lowest BCUT2D eigenvalue weighted by Gasteiger charge is -2.30. The minimum atomic E-state index is -1.33. The fraction of sp³-hybridized carbons (Fsp3) is 0.667. The second kappa shape index (κ2) is 11.1. The third-order valence-corrected chi connectivity index (χ3v) is 7.95. The molecule has 4 aliphatic rings. The molecule has 0 bridgehead atoms. The van der Waals surface area contributed by atoms with Crippen LogP contribution in [0.3, 0.4) is 0 Å². The number of carboxylic acids is 1. The first-order chi connectivity index (χ1) is 17.6. The van der Waals surface area contributed by atoms with E-state index in [-0.39, 0.29) is 23.5 Å². The number of rotatable bonds is 6. The number of carboxylic acid groups (broad SMARTS) is 1.